The van der Waals surface area contributed by atoms with Crippen molar-refractivity contribution in [1.29, 1.82) is 0 Å². The van der Waals surface area contributed by atoms with Crippen molar-refractivity contribution in [3.8, 4) is 0 Å². The summed E-state index contributed by atoms with van der Waals surface area (Å²) in [5, 5.41) is 0.933. The van der Waals surface area contributed by atoms with Gasteiger partial charge in [0.05, 0.1) is 0 Å². The van der Waals surface area contributed by atoms with E-state index in [4.69, 9.17) is 17.3 Å². The van der Waals surface area contributed by atoms with E-state index in [2.05, 4.69) is 12.1 Å². The smallest absolute Gasteiger partial charge is 0.0447 e. The van der Waals surface area contributed by atoms with Gasteiger partial charge < -0.3 is 5.73 Å². The van der Waals surface area contributed by atoms with Crippen LogP contribution in [0.1, 0.15) is 36.8 Å². The summed E-state index contributed by atoms with van der Waals surface area (Å²) in [6, 6.07) is 6.61. The van der Waals surface area contributed by atoms with Gasteiger partial charge in [-0.05, 0) is 42.9 Å². The summed E-state index contributed by atoms with van der Waals surface area (Å²) in [5.74, 6) is 0. The van der Waals surface area contributed by atoms with E-state index in [1.807, 2.05) is 6.07 Å². The van der Waals surface area contributed by atoms with Gasteiger partial charge in [0.15, 0.2) is 0 Å². The molecule has 0 saturated heterocycles. The second-order valence-corrected chi connectivity index (χ2v) is 5.34. The standard InChI is InChI=1S/C13H16ClN/c14-10-4-1-3-9-5-6-11(15)13(12(9)10)7-2-8-13/h1,3-4,11H,2,5-8,15H2. The van der Waals surface area contributed by atoms with E-state index in [0.717, 1.165) is 17.9 Å². The molecule has 0 heterocycles. The molecule has 0 amide bonds. The highest BCUT2D eigenvalue weighted by molar-refractivity contribution is 6.31. The molecule has 1 nitrogen and oxygen atoms in total. The second kappa shape index (κ2) is 3.23. The Morgan fingerprint density at radius 2 is 2.13 bits per heavy atom. The van der Waals surface area contributed by atoms with Crippen LogP contribution >= 0.6 is 11.6 Å². The van der Waals surface area contributed by atoms with E-state index in [1.54, 1.807) is 0 Å². The molecule has 2 heteroatoms. The number of hydrogen-bond acceptors (Lipinski definition) is 1. The van der Waals surface area contributed by atoms with E-state index in [0.29, 0.717) is 6.04 Å². The molecule has 2 aliphatic rings. The molecule has 0 aliphatic heterocycles. The Morgan fingerprint density at radius 3 is 2.80 bits per heavy atom. The van der Waals surface area contributed by atoms with Crippen molar-refractivity contribution in [3.63, 3.8) is 0 Å². The lowest BCUT2D eigenvalue weighted by molar-refractivity contribution is 0.176. The van der Waals surface area contributed by atoms with Crippen LogP contribution in [0.3, 0.4) is 0 Å². The predicted octanol–water partition coefficient (Wildman–Crippen LogP) is 3.04. The molecule has 1 saturated carbocycles. The van der Waals surface area contributed by atoms with Crippen LogP contribution in [-0.4, -0.2) is 6.04 Å². The third-order valence-corrected chi connectivity index (χ3v) is 4.59. The average Bonchev–Trinajstić information content (AvgIpc) is 2.16. The van der Waals surface area contributed by atoms with Crippen LogP contribution < -0.4 is 5.73 Å². The van der Waals surface area contributed by atoms with Crippen molar-refractivity contribution in [2.24, 2.45) is 5.73 Å². The van der Waals surface area contributed by atoms with Gasteiger partial charge in [0.2, 0.25) is 0 Å². The molecule has 0 aromatic heterocycles. The molecule has 3 rings (SSSR count). The number of aryl methyl sites for hydroxylation is 1. The highest BCUT2D eigenvalue weighted by Gasteiger charge is 2.47. The zero-order valence-corrected chi connectivity index (χ0v) is 9.56. The summed E-state index contributed by atoms with van der Waals surface area (Å²) in [6.45, 7) is 0. The van der Waals surface area contributed by atoms with Crippen molar-refractivity contribution < 1.29 is 0 Å². The Labute approximate surface area is 95.6 Å². The van der Waals surface area contributed by atoms with Gasteiger partial charge in [0, 0.05) is 16.5 Å². The molecule has 2 N–H and O–H groups in total. The molecular formula is C13H16ClN. The molecule has 0 bridgehead atoms. The monoisotopic (exact) mass is 221 g/mol. The van der Waals surface area contributed by atoms with Gasteiger partial charge in [0.25, 0.3) is 0 Å². The Hall–Kier alpha value is -0.530. The molecule has 1 fully saturated rings. The highest BCUT2D eigenvalue weighted by Crippen LogP contribution is 2.52. The molecular weight excluding hydrogens is 206 g/mol. The number of halogens is 1. The minimum atomic E-state index is 0.228. The van der Waals surface area contributed by atoms with Gasteiger partial charge in [-0.25, -0.2) is 0 Å². The van der Waals surface area contributed by atoms with Crippen molar-refractivity contribution >= 4 is 11.6 Å². The molecule has 2 aliphatic carbocycles. The lowest BCUT2D eigenvalue weighted by Crippen LogP contribution is -2.53. The van der Waals surface area contributed by atoms with Gasteiger partial charge in [-0.3, -0.25) is 0 Å². The number of benzene rings is 1. The van der Waals surface area contributed by atoms with Crippen LogP contribution in [-0.2, 0) is 11.8 Å². The van der Waals surface area contributed by atoms with E-state index in [-0.39, 0.29) is 5.41 Å². The summed E-state index contributed by atoms with van der Waals surface area (Å²) in [6.07, 6.45) is 5.97. The molecule has 0 radical (unpaired) electrons. The van der Waals surface area contributed by atoms with Crippen LogP contribution in [0.15, 0.2) is 18.2 Å². The van der Waals surface area contributed by atoms with Gasteiger partial charge in [0.1, 0.15) is 0 Å². The third kappa shape index (κ3) is 1.20. The number of rotatable bonds is 0. The first-order valence-electron chi connectivity index (χ1n) is 5.77. The SMILES string of the molecule is NC1CCc2cccc(Cl)c2C12CCC2. The number of nitrogens with two attached hydrogens (primary N) is 1. The van der Waals surface area contributed by atoms with Crippen molar-refractivity contribution in [2.75, 3.05) is 0 Å². The van der Waals surface area contributed by atoms with Gasteiger partial charge in [-0.15, -0.1) is 0 Å². The quantitative estimate of drug-likeness (QED) is 0.716. The lowest BCUT2D eigenvalue weighted by atomic mass is 9.56. The molecule has 1 spiro atoms. The number of fused-ring (bicyclic) bond motifs is 2. The molecule has 1 aromatic rings. The summed E-state index contributed by atoms with van der Waals surface area (Å²) in [4.78, 5) is 0. The van der Waals surface area contributed by atoms with Crippen LogP contribution in [0.5, 0.6) is 0 Å². The first-order valence-corrected chi connectivity index (χ1v) is 6.15. The molecule has 15 heavy (non-hydrogen) atoms. The zero-order chi connectivity index (χ0) is 10.5. The lowest BCUT2D eigenvalue weighted by Gasteiger charge is -2.50. The van der Waals surface area contributed by atoms with Crippen molar-refractivity contribution in [3.05, 3.63) is 34.3 Å². The van der Waals surface area contributed by atoms with Crippen LogP contribution in [0, 0.1) is 0 Å². The summed E-state index contributed by atoms with van der Waals surface area (Å²) in [7, 11) is 0. The van der Waals surface area contributed by atoms with E-state index in [9.17, 15) is 0 Å². The van der Waals surface area contributed by atoms with E-state index < -0.39 is 0 Å². The maximum absolute atomic E-state index is 6.35. The topological polar surface area (TPSA) is 26.0 Å². The number of hydrogen-bond donors (Lipinski definition) is 1. The maximum atomic E-state index is 6.35. The molecule has 1 atom stereocenters. The molecule has 1 unspecified atom stereocenters. The largest absolute Gasteiger partial charge is 0.327 e. The highest BCUT2D eigenvalue weighted by atomic mass is 35.5. The van der Waals surface area contributed by atoms with Crippen LogP contribution in [0.2, 0.25) is 5.02 Å². The van der Waals surface area contributed by atoms with Gasteiger partial charge in [-0.1, -0.05) is 30.2 Å². The zero-order valence-electron chi connectivity index (χ0n) is 8.80. The Balaban J connectivity index is 2.18. The predicted molar refractivity (Wildman–Crippen MR) is 63.3 cm³/mol. The Kier molecular flexibility index (Phi) is 2.08. The van der Waals surface area contributed by atoms with E-state index in [1.165, 1.54) is 30.4 Å². The summed E-state index contributed by atoms with van der Waals surface area (Å²) in [5.41, 5.74) is 9.33. The molecule has 80 valence electrons. The first kappa shape index (κ1) is 9.68. The maximum Gasteiger partial charge on any atom is 0.0447 e. The first-order chi connectivity index (χ1) is 7.24. The minimum Gasteiger partial charge on any atom is -0.327 e. The second-order valence-electron chi connectivity index (χ2n) is 4.93. The minimum absolute atomic E-state index is 0.228. The Morgan fingerprint density at radius 1 is 1.33 bits per heavy atom. The van der Waals surface area contributed by atoms with Gasteiger partial charge >= 0.3 is 0 Å². The fourth-order valence-electron chi connectivity index (χ4n) is 3.29. The van der Waals surface area contributed by atoms with E-state index >= 15 is 0 Å². The average molecular weight is 222 g/mol. The fraction of sp³-hybridized carbons (Fsp3) is 0.538. The molecule has 1 aromatic carbocycles. The fourth-order valence-corrected chi connectivity index (χ4v) is 3.67. The van der Waals surface area contributed by atoms with Crippen LogP contribution in [0.25, 0.3) is 0 Å². The Bertz CT molecular complexity index is 396. The van der Waals surface area contributed by atoms with Crippen molar-refractivity contribution in [2.45, 2.75) is 43.6 Å². The summed E-state index contributed by atoms with van der Waals surface area (Å²) < 4.78 is 0. The normalized spacial score (nSPS) is 27.2. The third-order valence-electron chi connectivity index (χ3n) is 4.28. The van der Waals surface area contributed by atoms with Crippen LogP contribution in [0.4, 0.5) is 0 Å². The summed E-state index contributed by atoms with van der Waals surface area (Å²) >= 11 is 6.35. The van der Waals surface area contributed by atoms with Gasteiger partial charge in [-0.2, -0.15) is 0 Å². The van der Waals surface area contributed by atoms with Crippen molar-refractivity contribution in [1.82, 2.24) is 0 Å².